The van der Waals surface area contributed by atoms with Crippen molar-refractivity contribution in [2.75, 3.05) is 23.4 Å². The zero-order valence-electron chi connectivity index (χ0n) is 16.0. The number of ether oxygens (including phenoxy) is 1. The third-order valence-corrected chi connectivity index (χ3v) is 5.73. The van der Waals surface area contributed by atoms with Gasteiger partial charge in [-0.3, -0.25) is 9.52 Å². The van der Waals surface area contributed by atoms with Crippen LogP contribution in [-0.2, 0) is 10.0 Å². The molecule has 0 saturated heterocycles. The number of furan rings is 1. The van der Waals surface area contributed by atoms with Crippen LogP contribution in [-0.4, -0.2) is 32.7 Å². The summed E-state index contributed by atoms with van der Waals surface area (Å²) in [6.45, 7) is 0. The quantitative estimate of drug-likeness (QED) is 0.462. The van der Waals surface area contributed by atoms with E-state index in [9.17, 15) is 13.2 Å². The number of nitrogens with zero attached hydrogens (tertiary/aromatic N) is 1. The van der Waals surface area contributed by atoms with Crippen LogP contribution in [0, 0.1) is 0 Å². The molecule has 10 heteroatoms. The molecule has 0 atom stereocenters. The van der Waals surface area contributed by atoms with Gasteiger partial charge in [0.2, 0.25) is 10.0 Å². The molecule has 0 saturated carbocycles. The summed E-state index contributed by atoms with van der Waals surface area (Å²) in [5.74, 6) is 0.453. The molecule has 1 amide bonds. The lowest BCUT2D eigenvalue weighted by molar-refractivity contribution is 0.0997. The molecular weight excluding hydrogens is 426 g/mol. The lowest BCUT2D eigenvalue weighted by atomic mass is 10.2. The van der Waals surface area contributed by atoms with Gasteiger partial charge < -0.3 is 14.5 Å². The van der Waals surface area contributed by atoms with Gasteiger partial charge in [-0.25, -0.2) is 13.4 Å². The number of sulfonamides is 1. The van der Waals surface area contributed by atoms with E-state index in [0.717, 1.165) is 16.5 Å². The number of aromatic nitrogens is 1. The third kappa shape index (κ3) is 4.29. The van der Waals surface area contributed by atoms with Crippen LogP contribution in [0.1, 0.15) is 10.6 Å². The number of methoxy groups -OCH3 is 1. The van der Waals surface area contributed by atoms with Crippen LogP contribution >= 0.6 is 11.3 Å². The number of rotatable bonds is 6. The lowest BCUT2D eigenvalue weighted by Crippen LogP contribution is -2.12. The normalized spacial score (nSPS) is 11.4. The first-order valence-corrected chi connectivity index (χ1v) is 11.5. The van der Waals surface area contributed by atoms with E-state index in [-0.39, 0.29) is 17.2 Å². The zero-order valence-corrected chi connectivity index (χ0v) is 17.6. The predicted octanol–water partition coefficient (Wildman–Crippen LogP) is 4.19. The molecule has 154 valence electrons. The highest BCUT2D eigenvalue weighted by atomic mass is 32.2. The number of amides is 1. The van der Waals surface area contributed by atoms with Crippen molar-refractivity contribution in [3.63, 3.8) is 0 Å². The second-order valence-corrected chi connectivity index (χ2v) is 9.17. The molecule has 0 aliphatic rings. The van der Waals surface area contributed by atoms with Gasteiger partial charge in [-0.15, -0.1) is 11.3 Å². The average Bonchev–Trinajstić information content (AvgIpc) is 3.35. The molecule has 2 heterocycles. The van der Waals surface area contributed by atoms with Crippen molar-refractivity contribution in [1.82, 2.24) is 4.98 Å². The molecule has 0 fully saturated rings. The van der Waals surface area contributed by atoms with Crippen LogP contribution in [0.25, 0.3) is 21.0 Å². The molecule has 0 aliphatic carbocycles. The monoisotopic (exact) mass is 443 g/mol. The van der Waals surface area contributed by atoms with Gasteiger partial charge in [-0.2, -0.15) is 0 Å². The number of fused-ring (bicyclic) bond motifs is 1. The van der Waals surface area contributed by atoms with E-state index in [4.69, 9.17) is 9.15 Å². The number of carbonyl (C=O) groups excluding carboxylic acids is 1. The highest BCUT2D eigenvalue weighted by Gasteiger charge is 2.16. The van der Waals surface area contributed by atoms with Crippen LogP contribution in [0.5, 0.6) is 5.75 Å². The van der Waals surface area contributed by atoms with E-state index in [1.165, 1.54) is 30.6 Å². The minimum atomic E-state index is -3.46. The van der Waals surface area contributed by atoms with Crippen molar-refractivity contribution in [3.05, 3.63) is 60.4 Å². The summed E-state index contributed by atoms with van der Waals surface area (Å²) < 4.78 is 37.2. The zero-order chi connectivity index (χ0) is 21.3. The number of hydrogen-bond acceptors (Lipinski definition) is 7. The van der Waals surface area contributed by atoms with Gasteiger partial charge >= 0.3 is 0 Å². The van der Waals surface area contributed by atoms with Crippen LogP contribution in [0.15, 0.2) is 59.0 Å². The Balaban J connectivity index is 1.53. The summed E-state index contributed by atoms with van der Waals surface area (Å²) in [6.07, 6.45) is 1.04. The molecule has 4 rings (SSSR count). The Morgan fingerprint density at radius 1 is 1.13 bits per heavy atom. The van der Waals surface area contributed by atoms with Gasteiger partial charge in [0.25, 0.3) is 5.91 Å². The largest absolute Gasteiger partial charge is 0.494 e. The lowest BCUT2D eigenvalue weighted by Gasteiger charge is -2.12. The first kappa shape index (κ1) is 19.9. The number of thiazole rings is 1. The fourth-order valence-electron chi connectivity index (χ4n) is 2.80. The third-order valence-electron chi connectivity index (χ3n) is 4.09. The first-order valence-electron chi connectivity index (χ1n) is 8.75. The summed E-state index contributed by atoms with van der Waals surface area (Å²) >= 11 is 1.48. The van der Waals surface area contributed by atoms with Gasteiger partial charge in [0.15, 0.2) is 16.5 Å². The molecule has 0 spiro atoms. The number of nitrogens with one attached hydrogen (secondary N) is 2. The number of para-hydroxylation sites is 1. The maximum atomic E-state index is 12.6. The molecule has 0 aliphatic heterocycles. The van der Waals surface area contributed by atoms with E-state index in [0.29, 0.717) is 16.5 Å². The van der Waals surface area contributed by atoms with Crippen LogP contribution in [0.2, 0.25) is 0 Å². The predicted molar refractivity (Wildman–Crippen MR) is 117 cm³/mol. The summed E-state index contributed by atoms with van der Waals surface area (Å²) in [5, 5.41) is 3.40. The SMILES string of the molecule is COc1cc(NC(=O)c2ccc(-c3nc4ccccc4s3)o2)ccc1NS(C)(=O)=O. The van der Waals surface area contributed by atoms with Gasteiger partial charge in [0.05, 0.1) is 29.3 Å². The van der Waals surface area contributed by atoms with Crippen molar-refractivity contribution in [1.29, 1.82) is 0 Å². The van der Waals surface area contributed by atoms with Crippen LogP contribution in [0.4, 0.5) is 11.4 Å². The molecular formula is C20H17N3O5S2. The number of benzene rings is 2. The number of carbonyl (C=O) groups is 1. The Morgan fingerprint density at radius 3 is 2.67 bits per heavy atom. The van der Waals surface area contributed by atoms with Crippen molar-refractivity contribution in [2.24, 2.45) is 0 Å². The summed E-state index contributed by atoms with van der Waals surface area (Å²) in [5.41, 5.74) is 1.57. The van der Waals surface area contributed by atoms with Crippen LogP contribution in [0.3, 0.4) is 0 Å². The topological polar surface area (TPSA) is 111 Å². The van der Waals surface area contributed by atoms with E-state index < -0.39 is 15.9 Å². The molecule has 2 aromatic carbocycles. The molecule has 2 N–H and O–H groups in total. The Labute approximate surface area is 176 Å². The highest BCUT2D eigenvalue weighted by Crippen LogP contribution is 2.32. The van der Waals surface area contributed by atoms with Crippen molar-refractivity contribution >= 4 is 48.9 Å². The molecule has 30 heavy (non-hydrogen) atoms. The molecule has 0 unspecified atom stereocenters. The van der Waals surface area contributed by atoms with E-state index in [1.54, 1.807) is 18.2 Å². The standard InChI is InChI=1S/C20H17N3O5S2/c1-27-17-11-12(7-8-13(17)23-30(2,25)26)21-19(24)15-9-10-16(28-15)20-22-14-5-3-4-6-18(14)29-20/h3-11,23H,1-2H3,(H,21,24). The van der Waals surface area contributed by atoms with Crippen molar-refractivity contribution < 1.29 is 22.4 Å². The smallest absolute Gasteiger partial charge is 0.291 e. The molecule has 0 bridgehead atoms. The molecule has 2 aromatic heterocycles. The van der Waals surface area contributed by atoms with Gasteiger partial charge in [-0.1, -0.05) is 12.1 Å². The molecule has 0 radical (unpaired) electrons. The second kappa shape index (κ2) is 7.81. The fourth-order valence-corrected chi connectivity index (χ4v) is 4.29. The fraction of sp³-hybridized carbons (Fsp3) is 0.100. The Kier molecular flexibility index (Phi) is 5.18. The van der Waals surface area contributed by atoms with E-state index >= 15 is 0 Å². The number of hydrogen-bond donors (Lipinski definition) is 2. The van der Waals surface area contributed by atoms with Gasteiger partial charge in [0.1, 0.15) is 5.75 Å². The van der Waals surface area contributed by atoms with E-state index in [1.807, 2.05) is 24.3 Å². The van der Waals surface area contributed by atoms with Crippen molar-refractivity contribution in [3.8, 4) is 16.5 Å². The Morgan fingerprint density at radius 2 is 1.93 bits per heavy atom. The Hall–Kier alpha value is -3.37. The minimum Gasteiger partial charge on any atom is -0.494 e. The Bertz CT molecular complexity index is 1310. The second-order valence-electron chi connectivity index (χ2n) is 6.39. The van der Waals surface area contributed by atoms with Crippen molar-refractivity contribution in [2.45, 2.75) is 0 Å². The summed E-state index contributed by atoms with van der Waals surface area (Å²) in [7, 11) is -2.05. The maximum absolute atomic E-state index is 12.6. The maximum Gasteiger partial charge on any atom is 0.291 e. The summed E-state index contributed by atoms with van der Waals surface area (Å²) in [6, 6.07) is 15.6. The van der Waals surface area contributed by atoms with Gasteiger partial charge in [0, 0.05) is 11.8 Å². The van der Waals surface area contributed by atoms with Gasteiger partial charge in [-0.05, 0) is 36.4 Å². The highest BCUT2D eigenvalue weighted by molar-refractivity contribution is 7.92. The van der Waals surface area contributed by atoms with Crippen LogP contribution < -0.4 is 14.8 Å². The minimum absolute atomic E-state index is 0.126. The molecule has 4 aromatic rings. The van der Waals surface area contributed by atoms with E-state index in [2.05, 4.69) is 15.0 Å². The summed E-state index contributed by atoms with van der Waals surface area (Å²) in [4.78, 5) is 17.1. The first-order chi connectivity index (χ1) is 14.3. The molecule has 8 nitrogen and oxygen atoms in total. The number of anilines is 2. The average molecular weight is 444 g/mol.